The molecule has 2 aliphatic rings. The molecule has 4 nitrogen and oxygen atoms in total. The molecule has 1 saturated heterocycles. The van der Waals surface area contributed by atoms with Gasteiger partial charge in [0.1, 0.15) is 0 Å². The topological polar surface area (TPSA) is 47.1 Å². The van der Waals surface area contributed by atoms with E-state index in [1.165, 1.54) is 44.2 Å². The first kappa shape index (κ1) is 13.1. The van der Waals surface area contributed by atoms with Crippen molar-refractivity contribution >= 4 is 0 Å². The summed E-state index contributed by atoms with van der Waals surface area (Å²) < 4.78 is 2.04. The number of aromatic nitrogens is 2. The van der Waals surface area contributed by atoms with Gasteiger partial charge in [-0.2, -0.15) is 5.10 Å². The molecule has 1 saturated carbocycles. The number of rotatable bonds is 4. The summed E-state index contributed by atoms with van der Waals surface area (Å²) in [5.74, 6) is 0.595. The van der Waals surface area contributed by atoms with E-state index in [9.17, 15) is 0 Å². The first-order chi connectivity index (χ1) is 9.33. The quantitative estimate of drug-likeness (QED) is 0.904. The summed E-state index contributed by atoms with van der Waals surface area (Å²) in [7, 11) is 0. The molecule has 2 fully saturated rings. The van der Waals surface area contributed by atoms with Crippen LogP contribution in [0.2, 0.25) is 0 Å². The average molecular weight is 262 g/mol. The molecule has 1 aromatic heterocycles. The summed E-state index contributed by atoms with van der Waals surface area (Å²) in [6.07, 6.45) is 11.0. The Bertz CT molecular complexity index is 410. The van der Waals surface area contributed by atoms with E-state index in [1.807, 2.05) is 4.68 Å². The number of hydrogen-bond donors (Lipinski definition) is 1. The van der Waals surface area contributed by atoms with Crippen LogP contribution >= 0.6 is 0 Å². The monoisotopic (exact) mass is 262 g/mol. The van der Waals surface area contributed by atoms with Crippen molar-refractivity contribution in [3.05, 3.63) is 18.0 Å². The molecule has 4 heteroatoms. The molecule has 0 amide bonds. The minimum Gasteiger partial charge on any atom is -0.330 e. The van der Waals surface area contributed by atoms with Crippen molar-refractivity contribution in [1.29, 1.82) is 0 Å². The molecule has 2 atom stereocenters. The van der Waals surface area contributed by atoms with E-state index in [2.05, 4.69) is 29.3 Å². The van der Waals surface area contributed by atoms with Crippen molar-refractivity contribution in [3.63, 3.8) is 0 Å². The van der Waals surface area contributed by atoms with Gasteiger partial charge in [0.25, 0.3) is 0 Å². The molecular formula is C15H26N4. The summed E-state index contributed by atoms with van der Waals surface area (Å²) in [6, 6.07) is 1.31. The molecule has 0 radical (unpaired) electrons. The summed E-state index contributed by atoms with van der Waals surface area (Å²) in [5, 5.41) is 4.47. The lowest BCUT2D eigenvalue weighted by Gasteiger charge is -2.34. The normalized spacial score (nSPS) is 29.4. The number of likely N-dealkylation sites (tertiary alicyclic amines) is 1. The summed E-state index contributed by atoms with van der Waals surface area (Å²) in [6.45, 7) is 5.13. The molecule has 0 spiro atoms. The predicted molar refractivity (Wildman–Crippen MR) is 76.8 cm³/mol. The van der Waals surface area contributed by atoms with Gasteiger partial charge in [-0.3, -0.25) is 9.58 Å². The molecule has 2 heterocycles. The predicted octanol–water partition coefficient (Wildman–Crippen LogP) is 2.17. The number of aryl methyl sites for hydroxylation is 1. The molecule has 1 aliphatic carbocycles. The Labute approximate surface area is 116 Å². The van der Waals surface area contributed by atoms with Crippen molar-refractivity contribution in [2.24, 2.45) is 11.7 Å². The highest BCUT2D eigenvalue weighted by Crippen LogP contribution is 2.41. The maximum absolute atomic E-state index is 6.07. The standard InChI is InChI=1S/C15H26N4/c1-2-18-11-13(10-17-18)15-12(9-16)5-3-4-8-19(15)14-6-7-14/h10-12,14-15H,2-9,16H2,1H3. The highest BCUT2D eigenvalue weighted by atomic mass is 15.3. The van der Waals surface area contributed by atoms with Crippen molar-refractivity contribution in [2.75, 3.05) is 13.1 Å². The molecule has 2 N–H and O–H groups in total. The lowest BCUT2D eigenvalue weighted by molar-refractivity contribution is 0.149. The zero-order chi connectivity index (χ0) is 13.2. The second kappa shape index (κ2) is 5.63. The van der Waals surface area contributed by atoms with Gasteiger partial charge in [-0.1, -0.05) is 6.42 Å². The van der Waals surface area contributed by atoms with Crippen LogP contribution in [0.3, 0.4) is 0 Å². The van der Waals surface area contributed by atoms with Crippen LogP contribution < -0.4 is 5.73 Å². The SMILES string of the molecule is CCn1cc(C2C(CN)CCCCN2C2CC2)cn1. The van der Waals surface area contributed by atoms with Gasteiger partial charge >= 0.3 is 0 Å². The Morgan fingerprint density at radius 2 is 2.16 bits per heavy atom. The first-order valence-corrected chi connectivity index (χ1v) is 7.81. The Kier molecular flexibility index (Phi) is 3.89. The molecule has 1 aromatic rings. The van der Waals surface area contributed by atoms with E-state index in [-0.39, 0.29) is 0 Å². The van der Waals surface area contributed by atoms with Gasteiger partial charge in [0.05, 0.1) is 6.20 Å². The fourth-order valence-corrected chi connectivity index (χ4v) is 3.50. The highest BCUT2D eigenvalue weighted by Gasteiger charge is 2.39. The van der Waals surface area contributed by atoms with Crippen molar-refractivity contribution in [3.8, 4) is 0 Å². The molecule has 19 heavy (non-hydrogen) atoms. The van der Waals surface area contributed by atoms with Crippen molar-refractivity contribution in [2.45, 2.75) is 57.7 Å². The lowest BCUT2D eigenvalue weighted by Crippen LogP contribution is -2.37. The van der Waals surface area contributed by atoms with E-state index in [4.69, 9.17) is 5.73 Å². The van der Waals surface area contributed by atoms with E-state index in [1.54, 1.807) is 0 Å². The van der Waals surface area contributed by atoms with Crippen LogP contribution in [-0.2, 0) is 6.54 Å². The van der Waals surface area contributed by atoms with Crippen LogP contribution in [0.25, 0.3) is 0 Å². The van der Waals surface area contributed by atoms with Crippen molar-refractivity contribution < 1.29 is 0 Å². The van der Waals surface area contributed by atoms with Crippen LogP contribution in [0.1, 0.15) is 50.6 Å². The van der Waals surface area contributed by atoms with Gasteiger partial charge in [-0.25, -0.2) is 0 Å². The van der Waals surface area contributed by atoms with Crippen LogP contribution in [0, 0.1) is 5.92 Å². The maximum Gasteiger partial charge on any atom is 0.0537 e. The molecule has 3 rings (SSSR count). The summed E-state index contributed by atoms with van der Waals surface area (Å²) >= 11 is 0. The van der Waals surface area contributed by atoms with Gasteiger partial charge in [0, 0.05) is 30.4 Å². The second-order valence-corrected chi connectivity index (χ2v) is 6.03. The van der Waals surface area contributed by atoms with E-state index in [0.29, 0.717) is 12.0 Å². The fourth-order valence-electron chi connectivity index (χ4n) is 3.50. The summed E-state index contributed by atoms with van der Waals surface area (Å²) in [4.78, 5) is 2.72. The van der Waals surface area contributed by atoms with Gasteiger partial charge in [-0.05, 0) is 51.6 Å². The summed E-state index contributed by atoms with van der Waals surface area (Å²) in [5.41, 5.74) is 7.45. The van der Waals surface area contributed by atoms with Gasteiger partial charge in [-0.15, -0.1) is 0 Å². The number of nitrogens with zero attached hydrogens (tertiary/aromatic N) is 3. The van der Waals surface area contributed by atoms with E-state index in [0.717, 1.165) is 19.1 Å². The van der Waals surface area contributed by atoms with Crippen LogP contribution in [0.4, 0.5) is 0 Å². The fraction of sp³-hybridized carbons (Fsp3) is 0.800. The molecule has 2 unspecified atom stereocenters. The molecule has 106 valence electrons. The third-order valence-electron chi connectivity index (χ3n) is 4.68. The lowest BCUT2D eigenvalue weighted by atomic mass is 9.90. The number of hydrogen-bond acceptors (Lipinski definition) is 3. The Hall–Kier alpha value is -0.870. The second-order valence-electron chi connectivity index (χ2n) is 6.03. The van der Waals surface area contributed by atoms with E-state index >= 15 is 0 Å². The van der Waals surface area contributed by atoms with Gasteiger partial charge < -0.3 is 5.73 Å². The zero-order valence-corrected chi connectivity index (χ0v) is 12.0. The Morgan fingerprint density at radius 3 is 2.79 bits per heavy atom. The minimum absolute atomic E-state index is 0.500. The number of nitrogens with two attached hydrogens (primary N) is 1. The Morgan fingerprint density at radius 1 is 1.32 bits per heavy atom. The van der Waals surface area contributed by atoms with E-state index < -0.39 is 0 Å². The van der Waals surface area contributed by atoms with Crippen LogP contribution in [-0.4, -0.2) is 33.8 Å². The van der Waals surface area contributed by atoms with Crippen LogP contribution in [0.5, 0.6) is 0 Å². The third kappa shape index (κ3) is 2.70. The largest absolute Gasteiger partial charge is 0.330 e. The molecule has 0 aromatic carbocycles. The van der Waals surface area contributed by atoms with Gasteiger partial charge in [0.15, 0.2) is 0 Å². The average Bonchev–Trinajstić information content (AvgIpc) is 3.20. The smallest absolute Gasteiger partial charge is 0.0537 e. The molecular weight excluding hydrogens is 236 g/mol. The van der Waals surface area contributed by atoms with Crippen LogP contribution in [0.15, 0.2) is 12.4 Å². The molecule has 1 aliphatic heterocycles. The van der Waals surface area contributed by atoms with Crippen molar-refractivity contribution in [1.82, 2.24) is 14.7 Å². The third-order valence-corrected chi connectivity index (χ3v) is 4.68. The maximum atomic E-state index is 6.07. The minimum atomic E-state index is 0.500. The highest BCUT2D eigenvalue weighted by molar-refractivity contribution is 5.14. The van der Waals surface area contributed by atoms with Gasteiger partial charge in [0.2, 0.25) is 0 Å². The molecule has 0 bridgehead atoms. The first-order valence-electron chi connectivity index (χ1n) is 7.81. The zero-order valence-electron chi connectivity index (χ0n) is 12.0. The Balaban J connectivity index is 1.89.